The van der Waals surface area contributed by atoms with E-state index < -0.39 is 0 Å². The van der Waals surface area contributed by atoms with Crippen molar-refractivity contribution in [3.05, 3.63) is 52.4 Å². The highest BCUT2D eigenvalue weighted by Gasteiger charge is 2.16. The first-order valence-electron chi connectivity index (χ1n) is 6.24. The molecule has 0 radical (unpaired) electrons. The van der Waals surface area contributed by atoms with Gasteiger partial charge in [0.25, 0.3) is 0 Å². The van der Waals surface area contributed by atoms with Crippen LogP contribution in [0.4, 0.5) is 0 Å². The van der Waals surface area contributed by atoms with Crippen molar-refractivity contribution in [3.63, 3.8) is 0 Å². The average molecular weight is 317 g/mol. The summed E-state index contributed by atoms with van der Waals surface area (Å²) in [6.45, 7) is 1.97. The molecular formula is C15H10Cl2N4. The van der Waals surface area contributed by atoms with Crippen molar-refractivity contribution in [2.45, 2.75) is 12.8 Å². The Hall–Kier alpha value is -2.09. The number of hydrogen-bond acceptors (Lipinski definition) is 3. The van der Waals surface area contributed by atoms with Gasteiger partial charge in [-0.1, -0.05) is 11.6 Å². The van der Waals surface area contributed by atoms with Gasteiger partial charge in [0.2, 0.25) is 0 Å². The molecule has 104 valence electrons. The second-order valence-corrected chi connectivity index (χ2v) is 5.25. The normalized spacial score (nSPS) is 10.8. The van der Waals surface area contributed by atoms with Crippen molar-refractivity contribution in [2.75, 3.05) is 0 Å². The Morgan fingerprint density at radius 1 is 1.33 bits per heavy atom. The third-order valence-electron chi connectivity index (χ3n) is 3.25. The van der Waals surface area contributed by atoms with E-state index in [2.05, 4.69) is 16.0 Å². The Kier molecular flexibility index (Phi) is 3.54. The van der Waals surface area contributed by atoms with Gasteiger partial charge in [0.15, 0.2) is 5.65 Å². The number of aromatic nitrogens is 3. The van der Waals surface area contributed by atoms with E-state index in [4.69, 9.17) is 28.5 Å². The van der Waals surface area contributed by atoms with E-state index in [9.17, 15) is 0 Å². The standard InChI is InChI=1S/C15H10Cl2N4/c1-9-4-5-19-15-14(9)20-13(7-16)21(15)12-3-2-10(8-18)6-11(12)17/h2-6H,7H2,1H3. The lowest BCUT2D eigenvalue weighted by Gasteiger charge is -2.09. The Balaban J connectivity index is 2.34. The molecule has 21 heavy (non-hydrogen) atoms. The number of hydrogen-bond donors (Lipinski definition) is 0. The molecule has 0 aliphatic heterocycles. The molecule has 4 nitrogen and oxygen atoms in total. The number of benzene rings is 1. The van der Waals surface area contributed by atoms with Gasteiger partial charge >= 0.3 is 0 Å². The molecule has 2 heterocycles. The van der Waals surface area contributed by atoms with Crippen molar-refractivity contribution in [1.82, 2.24) is 14.5 Å². The maximum absolute atomic E-state index is 8.93. The predicted molar refractivity (Wildman–Crippen MR) is 82.9 cm³/mol. The van der Waals surface area contributed by atoms with Gasteiger partial charge in [0, 0.05) is 6.20 Å². The summed E-state index contributed by atoms with van der Waals surface area (Å²) in [6.07, 6.45) is 1.73. The zero-order valence-electron chi connectivity index (χ0n) is 11.1. The van der Waals surface area contributed by atoms with E-state index in [-0.39, 0.29) is 5.88 Å². The first-order valence-corrected chi connectivity index (χ1v) is 7.16. The van der Waals surface area contributed by atoms with Crippen molar-refractivity contribution >= 4 is 34.4 Å². The second kappa shape index (κ2) is 5.36. The van der Waals surface area contributed by atoms with E-state index in [1.165, 1.54) is 0 Å². The van der Waals surface area contributed by atoms with E-state index >= 15 is 0 Å². The highest BCUT2D eigenvalue weighted by atomic mass is 35.5. The van der Waals surface area contributed by atoms with Gasteiger partial charge in [0.1, 0.15) is 11.3 Å². The van der Waals surface area contributed by atoms with Crippen molar-refractivity contribution in [1.29, 1.82) is 5.26 Å². The van der Waals surface area contributed by atoms with E-state index in [1.54, 1.807) is 24.4 Å². The van der Waals surface area contributed by atoms with E-state index in [1.807, 2.05) is 17.6 Å². The van der Waals surface area contributed by atoms with Crippen LogP contribution in [0.1, 0.15) is 17.0 Å². The average Bonchev–Trinajstić information content (AvgIpc) is 2.87. The molecule has 0 bridgehead atoms. The molecule has 0 atom stereocenters. The molecule has 0 saturated heterocycles. The van der Waals surface area contributed by atoms with Crippen molar-refractivity contribution in [3.8, 4) is 11.8 Å². The smallest absolute Gasteiger partial charge is 0.165 e. The zero-order valence-corrected chi connectivity index (χ0v) is 12.7. The molecular weight excluding hydrogens is 307 g/mol. The lowest BCUT2D eigenvalue weighted by molar-refractivity contribution is 0.969. The van der Waals surface area contributed by atoms with Crippen LogP contribution in [0.25, 0.3) is 16.9 Å². The number of imidazole rings is 1. The van der Waals surface area contributed by atoms with Crippen LogP contribution >= 0.6 is 23.2 Å². The number of rotatable bonds is 2. The van der Waals surface area contributed by atoms with Crippen LogP contribution in [-0.4, -0.2) is 14.5 Å². The SMILES string of the molecule is Cc1ccnc2c1nc(CCl)n2-c1ccc(C#N)cc1Cl. The van der Waals surface area contributed by atoms with Gasteiger partial charge in [-0.3, -0.25) is 4.57 Å². The monoisotopic (exact) mass is 316 g/mol. The summed E-state index contributed by atoms with van der Waals surface area (Å²) in [5.41, 5.74) is 3.75. The Morgan fingerprint density at radius 2 is 2.14 bits per heavy atom. The topological polar surface area (TPSA) is 54.5 Å². The Bertz CT molecular complexity index is 877. The lowest BCUT2D eigenvalue weighted by atomic mass is 10.2. The molecule has 0 unspecified atom stereocenters. The van der Waals surface area contributed by atoms with E-state index in [0.717, 1.165) is 11.1 Å². The minimum Gasteiger partial charge on any atom is -0.278 e. The molecule has 0 saturated carbocycles. The molecule has 0 N–H and O–H groups in total. The number of alkyl halides is 1. The van der Waals surface area contributed by atoms with Crippen LogP contribution in [0.5, 0.6) is 0 Å². The molecule has 0 aliphatic rings. The summed E-state index contributed by atoms with van der Waals surface area (Å²) in [5, 5.41) is 9.39. The Morgan fingerprint density at radius 3 is 2.81 bits per heavy atom. The molecule has 2 aromatic heterocycles. The number of fused-ring (bicyclic) bond motifs is 1. The molecule has 3 rings (SSSR count). The molecule has 0 amide bonds. The van der Waals surface area contributed by atoms with Crippen LogP contribution in [-0.2, 0) is 5.88 Å². The molecule has 6 heteroatoms. The van der Waals surface area contributed by atoms with Crippen LogP contribution in [0.15, 0.2) is 30.5 Å². The fourth-order valence-electron chi connectivity index (χ4n) is 2.24. The molecule has 0 spiro atoms. The first-order chi connectivity index (χ1) is 10.2. The number of nitrogens with zero attached hydrogens (tertiary/aromatic N) is 4. The molecule has 1 aromatic carbocycles. The van der Waals surface area contributed by atoms with Gasteiger partial charge in [-0.15, -0.1) is 11.6 Å². The molecule has 0 aliphatic carbocycles. The zero-order chi connectivity index (χ0) is 15.0. The van der Waals surface area contributed by atoms with Crippen molar-refractivity contribution < 1.29 is 0 Å². The van der Waals surface area contributed by atoms with Crippen LogP contribution < -0.4 is 0 Å². The summed E-state index contributed by atoms with van der Waals surface area (Å²) in [5.74, 6) is 0.909. The Labute approximate surface area is 131 Å². The highest BCUT2D eigenvalue weighted by Crippen LogP contribution is 2.28. The maximum Gasteiger partial charge on any atom is 0.165 e. The first kappa shape index (κ1) is 13.9. The fourth-order valence-corrected chi connectivity index (χ4v) is 2.68. The summed E-state index contributed by atoms with van der Waals surface area (Å²) < 4.78 is 1.83. The summed E-state index contributed by atoms with van der Waals surface area (Å²) in [4.78, 5) is 8.92. The minimum atomic E-state index is 0.242. The van der Waals surface area contributed by atoms with Gasteiger partial charge in [-0.25, -0.2) is 9.97 Å². The fraction of sp³-hybridized carbons (Fsp3) is 0.133. The highest BCUT2D eigenvalue weighted by molar-refractivity contribution is 6.32. The second-order valence-electron chi connectivity index (χ2n) is 4.58. The number of pyridine rings is 1. The summed E-state index contributed by atoms with van der Waals surface area (Å²) in [7, 11) is 0. The molecule has 3 aromatic rings. The van der Waals surface area contributed by atoms with Crippen LogP contribution in [0.2, 0.25) is 5.02 Å². The minimum absolute atomic E-state index is 0.242. The third kappa shape index (κ3) is 2.25. The number of aryl methyl sites for hydroxylation is 1. The lowest BCUT2D eigenvalue weighted by Crippen LogP contribution is -2.01. The quantitative estimate of drug-likeness (QED) is 0.672. The maximum atomic E-state index is 8.93. The summed E-state index contributed by atoms with van der Waals surface area (Å²) in [6, 6.07) is 9.08. The largest absolute Gasteiger partial charge is 0.278 e. The van der Waals surface area contributed by atoms with Gasteiger partial charge in [-0.05, 0) is 36.8 Å². The summed E-state index contributed by atoms with van der Waals surface area (Å²) >= 11 is 12.3. The van der Waals surface area contributed by atoms with Gasteiger partial charge in [-0.2, -0.15) is 5.26 Å². The van der Waals surface area contributed by atoms with Crippen LogP contribution in [0.3, 0.4) is 0 Å². The van der Waals surface area contributed by atoms with Crippen molar-refractivity contribution in [2.24, 2.45) is 0 Å². The third-order valence-corrected chi connectivity index (χ3v) is 3.80. The molecule has 0 fully saturated rings. The van der Waals surface area contributed by atoms with E-state index in [0.29, 0.717) is 27.7 Å². The van der Waals surface area contributed by atoms with Gasteiger partial charge in [0.05, 0.1) is 28.2 Å². The van der Waals surface area contributed by atoms with Crippen LogP contribution in [0, 0.1) is 18.3 Å². The van der Waals surface area contributed by atoms with Gasteiger partial charge < -0.3 is 0 Å². The predicted octanol–water partition coefficient (Wildman–Crippen LogP) is 3.99. The number of nitriles is 1. The number of halogens is 2.